The summed E-state index contributed by atoms with van der Waals surface area (Å²) in [5, 5.41) is 1.24. The average Bonchev–Trinajstić information content (AvgIpc) is 2.91. The Morgan fingerprint density at radius 3 is 2.70 bits per heavy atom. The molecule has 2 fully saturated rings. The number of thiazole rings is 1. The molecule has 1 aromatic rings. The van der Waals surface area contributed by atoms with Crippen LogP contribution in [0.4, 0.5) is 5.13 Å². The highest BCUT2D eigenvalue weighted by molar-refractivity contribution is 7.15. The minimum Gasteiger partial charge on any atom is -0.345 e. The standard InChI is InChI=1S/C16H27N3S/c1-11(2)15-14(10-17)20-16(18-15)19-9-5-7-12-6-3-4-8-13(12)19/h11-13H,3-10,17H2,1-2H3/t12-,13-/m1/s1. The number of hydrogen-bond acceptors (Lipinski definition) is 4. The van der Waals surface area contributed by atoms with E-state index in [1.165, 1.54) is 60.8 Å². The van der Waals surface area contributed by atoms with Crippen LogP contribution in [0, 0.1) is 5.92 Å². The lowest BCUT2D eigenvalue weighted by molar-refractivity contribution is 0.243. The van der Waals surface area contributed by atoms with E-state index < -0.39 is 0 Å². The number of rotatable bonds is 3. The lowest BCUT2D eigenvalue weighted by Gasteiger charge is -2.44. The molecule has 0 spiro atoms. The molecule has 1 aromatic heterocycles. The summed E-state index contributed by atoms with van der Waals surface area (Å²) < 4.78 is 0. The van der Waals surface area contributed by atoms with Crippen molar-refractivity contribution in [2.24, 2.45) is 11.7 Å². The molecule has 4 heteroatoms. The van der Waals surface area contributed by atoms with Gasteiger partial charge < -0.3 is 10.6 Å². The van der Waals surface area contributed by atoms with Crippen molar-refractivity contribution in [3.63, 3.8) is 0 Å². The minimum atomic E-state index is 0.477. The van der Waals surface area contributed by atoms with E-state index in [-0.39, 0.29) is 0 Å². The Morgan fingerprint density at radius 1 is 1.25 bits per heavy atom. The van der Waals surface area contributed by atoms with Crippen molar-refractivity contribution < 1.29 is 0 Å². The van der Waals surface area contributed by atoms with Gasteiger partial charge in [0.1, 0.15) is 0 Å². The molecular weight excluding hydrogens is 266 g/mol. The highest BCUT2D eigenvalue weighted by atomic mass is 32.1. The molecule has 20 heavy (non-hydrogen) atoms. The van der Waals surface area contributed by atoms with Crippen molar-refractivity contribution in [2.75, 3.05) is 11.4 Å². The largest absolute Gasteiger partial charge is 0.345 e. The van der Waals surface area contributed by atoms with E-state index in [0.717, 1.165) is 12.0 Å². The van der Waals surface area contributed by atoms with Gasteiger partial charge in [-0.15, -0.1) is 11.3 Å². The molecule has 1 saturated heterocycles. The molecule has 1 aliphatic heterocycles. The number of aromatic nitrogens is 1. The van der Waals surface area contributed by atoms with Gasteiger partial charge in [0, 0.05) is 24.0 Å². The van der Waals surface area contributed by atoms with Crippen LogP contribution in [-0.2, 0) is 6.54 Å². The van der Waals surface area contributed by atoms with Crippen molar-refractivity contribution in [1.82, 2.24) is 4.98 Å². The van der Waals surface area contributed by atoms with Crippen LogP contribution in [0.3, 0.4) is 0 Å². The Hall–Kier alpha value is -0.610. The minimum absolute atomic E-state index is 0.477. The van der Waals surface area contributed by atoms with Gasteiger partial charge >= 0.3 is 0 Å². The Kier molecular flexibility index (Phi) is 4.32. The molecule has 0 aromatic carbocycles. The van der Waals surface area contributed by atoms with Crippen LogP contribution >= 0.6 is 11.3 Å². The van der Waals surface area contributed by atoms with E-state index in [0.29, 0.717) is 12.5 Å². The summed E-state index contributed by atoms with van der Waals surface area (Å²) in [6.45, 7) is 6.26. The van der Waals surface area contributed by atoms with Crippen molar-refractivity contribution >= 4 is 16.5 Å². The number of fused-ring (bicyclic) bond motifs is 1. The SMILES string of the molecule is CC(C)c1nc(N2CCC[C@H]3CCCC[C@H]32)sc1CN. The molecule has 3 nitrogen and oxygen atoms in total. The second-order valence-electron chi connectivity index (χ2n) is 6.61. The maximum Gasteiger partial charge on any atom is 0.186 e. The molecule has 0 bridgehead atoms. The van der Waals surface area contributed by atoms with E-state index in [1.807, 2.05) is 11.3 Å². The lowest BCUT2D eigenvalue weighted by atomic mass is 9.78. The summed E-state index contributed by atoms with van der Waals surface area (Å²) in [6.07, 6.45) is 8.36. The van der Waals surface area contributed by atoms with Crippen LogP contribution in [0.1, 0.15) is 68.9 Å². The fourth-order valence-corrected chi connectivity index (χ4v) is 5.11. The van der Waals surface area contributed by atoms with Gasteiger partial charge in [0.05, 0.1) is 5.69 Å². The van der Waals surface area contributed by atoms with Crippen molar-refractivity contribution in [1.29, 1.82) is 0 Å². The highest BCUT2D eigenvalue weighted by Gasteiger charge is 2.34. The summed E-state index contributed by atoms with van der Waals surface area (Å²) in [5.41, 5.74) is 7.14. The molecule has 2 atom stereocenters. The summed E-state index contributed by atoms with van der Waals surface area (Å²) in [6, 6.07) is 0.745. The first-order valence-corrected chi connectivity index (χ1v) is 8.98. The Morgan fingerprint density at radius 2 is 2.00 bits per heavy atom. The van der Waals surface area contributed by atoms with Crippen LogP contribution < -0.4 is 10.6 Å². The Balaban J connectivity index is 1.87. The number of hydrogen-bond donors (Lipinski definition) is 1. The normalized spacial score (nSPS) is 26.9. The van der Waals surface area contributed by atoms with Gasteiger partial charge in [-0.2, -0.15) is 0 Å². The third kappa shape index (κ3) is 2.60. The quantitative estimate of drug-likeness (QED) is 0.919. The average molecular weight is 293 g/mol. The second kappa shape index (κ2) is 6.02. The smallest absolute Gasteiger partial charge is 0.186 e. The van der Waals surface area contributed by atoms with E-state index in [1.54, 1.807) is 0 Å². The van der Waals surface area contributed by atoms with Gasteiger partial charge in [0.2, 0.25) is 0 Å². The molecule has 0 unspecified atom stereocenters. The van der Waals surface area contributed by atoms with Gasteiger partial charge in [-0.05, 0) is 37.5 Å². The van der Waals surface area contributed by atoms with Gasteiger partial charge in [-0.3, -0.25) is 0 Å². The fourth-order valence-electron chi connectivity index (χ4n) is 3.93. The molecule has 0 radical (unpaired) electrons. The van der Waals surface area contributed by atoms with E-state index in [9.17, 15) is 0 Å². The van der Waals surface area contributed by atoms with Crippen LogP contribution in [0.2, 0.25) is 0 Å². The monoisotopic (exact) mass is 293 g/mol. The lowest BCUT2D eigenvalue weighted by Crippen LogP contribution is -2.46. The van der Waals surface area contributed by atoms with Crippen molar-refractivity contribution in [2.45, 2.75) is 70.9 Å². The zero-order chi connectivity index (χ0) is 14.1. The predicted octanol–water partition coefficient (Wildman–Crippen LogP) is 3.88. The summed E-state index contributed by atoms with van der Waals surface area (Å²) in [5.74, 6) is 1.38. The third-order valence-corrected chi connectivity index (χ3v) is 6.07. The van der Waals surface area contributed by atoms with E-state index in [4.69, 9.17) is 10.7 Å². The highest BCUT2D eigenvalue weighted by Crippen LogP contribution is 2.40. The summed E-state index contributed by atoms with van der Waals surface area (Å²) in [7, 11) is 0. The van der Waals surface area contributed by atoms with Crippen molar-refractivity contribution in [3.8, 4) is 0 Å². The molecule has 0 amide bonds. The molecule has 1 aliphatic carbocycles. The van der Waals surface area contributed by atoms with Crippen LogP contribution in [0.15, 0.2) is 0 Å². The first kappa shape index (κ1) is 14.3. The number of anilines is 1. The van der Waals surface area contributed by atoms with Crippen LogP contribution in [0.5, 0.6) is 0 Å². The molecule has 2 N–H and O–H groups in total. The Bertz CT molecular complexity index is 453. The maximum atomic E-state index is 5.92. The molecule has 2 heterocycles. The number of nitrogens with zero attached hydrogens (tertiary/aromatic N) is 2. The molecule has 3 rings (SSSR count). The van der Waals surface area contributed by atoms with Crippen molar-refractivity contribution in [3.05, 3.63) is 10.6 Å². The molecule has 2 aliphatic rings. The fraction of sp³-hybridized carbons (Fsp3) is 0.812. The maximum absolute atomic E-state index is 5.92. The predicted molar refractivity (Wildman–Crippen MR) is 86.4 cm³/mol. The summed E-state index contributed by atoms with van der Waals surface area (Å²) in [4.78, 5) is 8.86. The number of nitrogens with two attached hydrogens (primary N) is 1. The Labute approximate surface area is 126 Å². The first-order chi connectivity index (χ1) is 9.70. The molecular formula is C16H27N3S. The van der Waals surface area contributed by atoms with E-state index in [2.05, 4.69) is 18.7 Å². The summed E-state index contributed by atoms with van der Waals surface area (Å²) >= 11 is 1.84. The zero-order valence-electron chi connectivity index (χ0n) is 12.8. The van der Waals surface area contributed by atoms with Gasteiger partial charge in [-0.25, -0.2) is 4.98 Å². The number of piperidine rings is 1. The van der Waals surface area contributed by atoms with Crippen LogP contribution in [0.25, 0.3) is 0 Å². The molecule has 112 valence electrons. The zero-order valence-corrected chi connectivity index (χ0v) is 13.6. The van der Waals surface area contributed by atoms with Crippen LogP contribution in [-0.4, -0.2) is 17.6 Å². The second-order valence-corrected chi connectivity index (χ2v) is 7.67. The van der Waals surface area contributed by atoms with E-state index >= 15 is 0 Å². The van der Waals surface area contributed by atoms with Gasteiger partial charge in [0.25, 0.3) is 0 Å². The van der Waals surface area contributed by atoms with Gasteiger partial charge in [0.15, 0.2) is 5.13 Å². The first-order valence-electron chi connectivity index (χ1n) is 8.17. The van der Waals surface area contributed by atoms with Gasteiger partial charge in [-0.1, -0.05) is 26.7 Å². The third-order valence-electron chi connectivity index (χ3n) is 4.94. The topological polar surface area (TPSA) is 42.2 Å². The molecule has 1 saturated carbocycles.